The van der Waals surface area contributed by atoms with Crippen LogP contribution in [-0.4, -0.2) is 29.4 Å². The van der Waals surface area contributed by atoms with Gasteiger partial charge in [0.15, 0.2) is 0 Å². The Morgan fingerprint density at radius 2 is 2.08 bits per heavy atom. The smallest absolute Gasteiger partial charge is 0.234 e. The van der Waals surface area contributed by atoms with Gasteiger partial charge >= 0.3 is 0 Å². The van der Waals surface area contributed by atoms with Crippen molar-refractivity contribution in [2.24, 2.45) is 0 Å². The topological polar surface area (TPSA) is 58.4 Å². The Kier molecular flexibility index (Phi) is 5.36. The van der Waals surface area contributed by atoms with Crippen LogP contribution in [0, 0.1) is 6.92 Å². The molecule has 3 rings (SSSR count). The molecule has 5 nitrogen and oxygen atoms in total. The molecule has 0 radical (unpaired) electrons. The van der Waals surface area contributed by atoms with E-state index in [1.807, 2.05) is 49.2 Å². The van der Waals surface area contributed by atoms with E-state index in [-0.39, 0.29) is 12.5 Å². The molecule has 2 aromatic heterocycles. The number of carbonyl (C=O) groups is 1. The number of rotatable bonds is 6. The molecule has 0 aliphatic heterocycles. The van der Waals surface area contributed by atoms with Crippen LogP contribution in [0.3, 0.4) is 0 Å². The number of fused-ring (bicyclic) bond motifs is 1. The van der Waals surface area contributed by atoms with Crippen LogP contribution in [0.4, 0.5) is 0 Å². The largest absolute Gasteiger partial charge is 0.467 e. The van der Waals surface area contributed by atoms with Crippen LogP contribution in [0.25, 0.3) is 10.9 Å². The lowest BCUT2D eigenvalue weighted by atomic mass is 10.1. The van der Waals surface area contributed by atoms with E-state index < -0.39 is 0 Å². The Hall–Kier alpha value is -2.37. The summed E-state index contributed by atoms with van der Waals surface area (Å²) in [6.07, 6.45) is 1.59. The first-order valence-corrected chi connectivity index (χ1v) is 8.43. The average molecular weight is 358 g/mol. The van der Waals surface area contributed by atoms with E-state index in [2.05, 4.69) is 10.3 Å². The van der Waals surface area contributed by atoms with Gasteiger partial charge in [0.25, 0.3) is 0 Å². The molecule has 130 valence electrons. The summed E-state index contributed by atoms with van der Waals surface area (Å²) in [5, 5.41) is 4.53. The molecule has 0 saturated heterocycles. The average Bonchev–Trinajstić information content (AvgIpc) is 3.11. The normalized spacial score (nSPS) is 11.2. The number of nitrogens with one attached hydrogen (secondary N) is 1. The number of amides is 1. The number of carbonyl (C=O) groups excluding carboxylic acids is 1. The number of furan rings is 1. The van der Waals surface area contributed by atoms with Gasteiger partial charge in [0, 0.05) is 11.9 Å². The Bertz CT molecular complexity index is 878. The molecule has 0 aliphatic rings. The highest BCUT2D eigenvalue weighted by Gasteiger charge is 2.14. The van der Waals surface area contributed by atoms with E-state index >= 15 is 0 Å². The quantitative estimate of drug-likeness (QED) is 0.733. The van der Waals surface area contributed by atoms with E-state index in [0.717, 1.165) is 27.9 Å². The van der Waals surface area contributed by atoms with Gasteiger partial charge in [-0.05, 0) is 37.7 Å². The molecule has 0 saturated carbocycles. The van der Waals surface area contributed by atoms with E-state index in [1.165, 1.54) is 0 Å². The summed E-state index contributed by atoms with van der Waals surface area (Å²) >= 11 is 6.48. The second-order valence-electron chi connectivity index (χ2n) is 6.04. The van der Waals surface area contributed by atoms with Crippen LogP contribution in [0.1, 0.15) is 17.0 Å². The molecule has 6 heteroatoms. The van der Waals surface area contributed by atoms with Gasteiger partial charge in [-0.15, -0.1) is 0 Å². The minimum Gasteiger partial charge on any atom is -0.467 e. The molecule has 1 aromatic carbocycles. The molecule has 25 heavy (non-hydrogen) atoms. The Labute approximate surface area is 151 Å². The summed E-state index contributed by atoms with van der Waals surface area (Å²) in [5.74, 6) is 0.651. The van der Waals surface area contributed by atoms with Crippen LogP contribution < -0.4 is 5.32 Å². The summed E-state index contributed by atoms with van der Waals surface area (Å²) < 4.78 is 5.20. The highest BCUT2D eigenvalue weighted by molar-refractivity contribution is 6.32. The van der Waals surface area contributed by atoms with E-state index in [0.29, 0.717) is 18.1 Å². The zero-order chi connectivity index (χ0) is 17.8. The van der Waals surface area contributed by atoms with E-state index in [9.17, 15) is 4.79 Å². The van der Waals surface area contributed by atoms with Crippen LogP contribution in [0.15, 0.2) is 47.1 Å². The first-order valence-electron chi connectivity index (χ1n) is 8.06. The monoisotopic (exact) mass is 357 g/mol. The summed E-state index contributed by atoms with van der Waals surface area (Å²) in [7, 11) is 1.87. The van der Waals surface area contributed by atoms with Gasteiger partial charge in [0.05, 0.1) is 35.6 Å². The lowest BCUT2D eigenvalue weighted by Gasteiger charge is -2.18. The van der Waals surface area contributed by atoms with Crippen molar-refractivity contribution in [3.05, 3.63) is 64.7 Å². The number of likely N-dealkylation sites (N-methyl/N-ethyl adjacent to an activating group) is 1. The van der Waals surface area contributed by atoms with Gasteiger partial charge in [-0.25, -0.2) is 4.98 Å². The second kappa shape index (κ2) is 7.68. The van der Waals surface area contributed by atoms with Crippen LogP contribution >= 0.6 is 11.6 Å². The Morgan fingerprint density at radius 1 is 1.28 bits per heavy atom. The van der Waals surface area contributed by atoms with Gasteiger partial charge in [-0.2, -0.15) is 0 Å². The Morgan fingerprint density at radius 3 is 2.84 bits per heavy atom. The second-order valence-corrected chi connectivity index (χ2v) is 6.42. The molecule has 0 atom stereocenters. The summed E-state index contributed by atoms with van der Waals surface area (Å²) in [6.45, 7) is 3.13. The highest BCUT2D eigenvalue weighted by atomic mass is 35.5. The zero-order valence-electron chi connectivity index (χ0n) is 14.3. The Balaban J connectivity index is 1.64. The molecule has 0 aliphatic carbocycles. The van der Waals surface area contributed by atoms with E-state index in [1.54, 1.807) is 12.3 Å². The summed E-state index contributed by atoms with van der Waals surface area (Å²) in [4.78, 5) is 18.6. The van der Waals surface area contributed by atoms with Gasteiger partial charge in [0.2, 0.25) is 5.91 Å². The van der Waals surface area contributed by atoms with Gasteiger partial charge in [-0.3, -0.25) is 9.69 Å². The number of halogens is 1. The number of pyridine rings is 1. The third kappa shape index (κ3) is 4.18. The van der Waals surface area contributed by atoms with Gasteiger partial charge in [0.1, 0.15) is 5.76 Å². The van der Waals surface area contributed by atoms with Crippen molar-refractivity contribution in [1.29, 1.82) is 0 Å². The minimum absolute atomic E-state index is 0.0764. The van der Waals surface area contributed by atoms with Crippen molar-refractivity contribution in [3.63, 3.8) is 0 Å². The summed E-state index contributed by atoms with van der Waals surface area (Å²) in [6, 6.07) is 11.5. The number of nitrogens with zero attached hydrogens (tertiary/aromatic N) is 2. The lowest BCUT2D eigenvalue weighted by Crippen LogP contribution is -2.34. The van der Waals surface area contributed by atoms with Crippen molar-refractivity contribution >= 4 is 28.4 Å². The van der Waals surface area contributed by atoms with E-state index in [4.69, 9.17) is 16.0 Å². The number of hydrogen-bond donors (Lipinski definition) is 1. The molecule has 1 N–H and O–H groups in total. The van der Waals surface area contributed by atoms with Gasteiger partial charge < -0.3 is 9.73 Å². The van der Waals surface area contributed by atoms with Crippen molar-refractivity contribution < 1.29 is 9.21 Å². The standard InChI is InChI=1S/C19H20ClN3O2/c1-13-15-7-3-4-8-16(15)22-17(19(13)20)11-23(2)12-18(24)21-10-14-6-5-9-25-14/h3-9H,10-12H2,1-2H3,(H,21,24). The van der Waals surface area contributed by atoms with Crippen LogP contribution in [0.5, 0.6) is 0 Å². The molecular formula is C19H20ClN3O2. The SMILES string of the molecule is Cc1c(Cl)c(CN(C)CC(=O)NCc2ccco2)nc2ccccc12. The third-order valence-electron chi connectivity index (χ3n) is 4.02. The maximum Gasteiger partial charge on any atom is 0.234 e. The molecule has 3 aromatic rings. The maximum absolute atomic E-state index is 12.1. The number of aromatic nitrogens is 1. The minimum atomic E-state index is -0.0764. The first kappa shape index (κ1) is 17.5. The molecular weight excluding hydrogens is 338 g/mol. The van der Waals surface area contributed by atoms with Crippen molar-refractivity contribution in [3.8, 4) is 0 Å². The van der Waals surface area contributed by atoms with Crippen molar-refractivity contribution in [2.45, 2.75) is 20.0 Å². The molecule has 0 bridgehead atoms. The van der Waals surface area contributed by atoms with Crippen molar-refractivity contribution in [2.75, 3.05) is 13.6 Å². The zero-order valence-corrected chi connectivity index (χ0v) is 15.0. The number of hydrogen-bond acceptors (Lipinski definition) is 4. The first-order chi connectivity index (χ1) is 12.0. The molecule has 0 spiro atoms. The van der Waals surface area contributed by atoms with Gasteiger partial charge in [-0.1, -0.05) is 29.8 Å². The lowest BCUT2D eigenvalue weighted by molar-refractivity contribution is -0.122. The number of aryl methyl sites for hydroxylation is 1. The third-order valence-corrected chi connectivity index (χ3v) is 4.52. The predicted molar refractivity (Wildman–Crippen MR) is 98.4 cm³/mol. The molecule has 2 heterocycles. The fourth-order valence-corrected chi connectivity index (χ4v) is 2.94. The molecule has 0 fully saturated rings. The number of para-hydroxylation sites is 1. The van der Waals surface area contributed by atoms with Crippen LogP contribution in [-0.2, 0) is 17.9 Å². The maximum atomic E-state index is 12.1. The van der Waals surface area contributed by atoms with Crippen LogP contribution in [0.2, 0.25) is 5.02 Å². The predicted octanol–water partition coefficient (Wildman–Crippen LogP) is 3.54. The fourth-order valence-electron chi connectivity index (χ4n) is 2.73. The number of benzene rings is 1. The fraction of sp³-hybridized carbons (Fsp3) is 0.263. The highest BCUT2D eigenvalue weighted by Crippen LogP contribution is 2.27. The van der Waals surface area contributed by atoms with Crippen molar-refractivity contribution in [1.82, 2.24) is 15.2 Å². The summed E-state index contributed by atoms with van der Waals surface area (Å²) in [5.41, 5.74) is 2.70. The molecule has 1 amide bonds. The molecule has 0 unspecified atom stereocenters.